The van der Waals surface area contributed by atoms with Crippen LogP contribution in [0.1, 0.15) is 51.8 Å². The molecule has 1 saturated carbocycles. The normalized spacial score (nSPS) is 21.2. The molecule has 1 saturated heterocycles. The Morgan fingerprint density at radius 2 is 1.77 bits per heavy atom. The van der Waals surface area contributed by atoms with Gasteiger partial charge in [-0.05, 0) is 57.2 Å². The molecule has 1 aliphatic carbocycles. The summed E-state index contributed by atoms with van der Waals surface area (Å²) >= 11 is 0. The first-order valence-electron chi connectivity index (χ1n) is 14.0. The van der Waals surface area contributed by atoms with Crippen LogP contribution >= 0.6 is 0 Å². The van der Waals surface area contributed by atoms with Crippen molar-refractivity contribution >= 4 is 22.8 Å². The predicted molar refractivity (Wildman–Crippen MR) is 147 cm³/mol. The van der Waals surface area contributed by atoms with Gasteiger partial charge in [0.05, 0.1) is 24.2 Å². The van der Waals surface area contributed by atoms with Crippen LogP contribution in [0.2, 0.25) is 0 Å². The molecule has 2 fully saturated rings. The van der Waals surface area contributed by atoms with E-state index in [1.165, 1.54) is 4.57 Å². The zero-order chi connectivity index (χ0) is 27.4. The lowest BCUT2D eigenvalue weighted by Gasteiger charge is -2.39. The van der Waals surface area contributed by atoms with Gasteiger partial charge in [0.1, 0.15) is 18.3 Å². The number of imidazole rings is 1. The van der Waals surface area contributed by atoms with E-state index in [4.69, 9.17) is 14.7 Å². The molecule has 0 radical (unpaired) electrons. The number of anilines is 2. The van der Waals surface area contributed by atoms with Gasteiger partial charge in [-0.2, -0.15) is 9.97 Å². The summed E-state index contributed by atoms with van der Waals surface area (Å²) in [4.78, 5) is 18.0. The number of para-hydroxylation sites is 2. The lowest BCUT2D eigenvalue weighted by atomic mass is 9.85. The number of alkyl halides is 3. The number of morpholine rings is 1. The minimum Gasteiger partial charge on any atom is -0.378 e. The number of benzene rings is 1. The summed E-state index contributed by atoms with van der Waals surface area (Å²) in [5, 5.41) is 3.41. The van der Waals surface area contributed by atoms with Gasteiger partial charge in [0.2, 0.25) is 5.95 Å². The highest BCUT2D eigenvalue weighted by atomic mass is 19.3. The Kier molecular flexibility index (Phi) is 8.86. The average molecular weight is 546 g/mol. The third kappa shape index (κ3) is 6.14. The summed E-state index contributed by atoms with van der Waals surface area (Å²) in [5.41, 5.74) is 1.07. The van der Waals surface area contributed by atoms with Gasteiger partial charge in [0.25, 0.3) is 6.43 Å². The molecule has 5 rings (SSSR count). The Morgan fingerprint density at radius 1 is 1.05 bits per heavy atom. The van der Waals surface area contributed by atoms with Crippen LogP contribution in [0.5, 0.6) is 0 Å². The fourth-order valence-electron chi connectivity index (χ4n) is 5.94. The monoisotopic (exact) mass is 545 g/mol. The number of nitrogens with zero attached hydrogens (tertiary/aromatic N) is 6. The minimum absolute atomic E-state index is 0.0539. The van der Waals surface area contributed by atoms with Gasteiger partial charge in [-0.25, -0.2) is 18.2 Å². The second-order valence-corrected chi connectivity index (χ2v) is 10.5. The molecular formula is C28H38F3N7O. The molecule has 1 aromatic carbocycles. The molecule has 0 amide bonds. The van der Waals surface area contributed by atoms with E-state index in [2.05, 4.69) is 27.0 Å². The Hall–Kier alpha value is -2.92. The molecule has 3 heterocycles. The van der Waals surface area contributed by atoms with Gasteiger partial charge in [-0.15, -0.1) is 0 Å². The number of nitrogens with one attached hydrogen (secondary N) is 1. The van der Waals surface area contributed by atoms with Crippen molar-refractivity contribution in [2.45, 2.75) is 58.0 Å². The molecule has 1 N–H and O–H groups in total. The van der Waals surface area contributed by atoms with Gasteiger partial charge in [-0.3, -0.25) is 9.47 Å². The van der Waals surface area contributed by atoms with Gasteiger partial charge in [-0.1, -0.05) is 19.1 Å². The standard InChI is InChI=1S/C28H38F3N7O/c1-3-37(19(2)17-29)21-10-8-20(9-11-21)18-32-28-34-24(36-12-14-39-15-13-36)16-25(35-28)38-23-7-5-4-6-22(23)33-27(38)26(30)31/h4-7,16,19-21,26H,3,8-15,17-18H2,1-2H3,(H,32,34,35)/t19?,20-,21-. The van der Waals surface area contributed by atoms with Crippen LogP contribution in [0.25, 0.3) is 16.9 Å². The van der Waals surface area contributed by atoms with E-state index in [1.54, 1.807) is 24.3 Å². The number of fused-ring (bicyclic) bond motifs is 1. The van der Waals surface area contributed by atoms with Crippen molar-refractivity contribution in [3.8, 4) is 5.82 Å². The summed E-state index contributed by atoms with van der Waals surface area (Å²) in [5.74, 6) is 1.54. The molecule has 11 heteroatoms. The molecular weight excluding hydrogens is 507 g/mol. The van der Waals surface area contributed by atoms with E-state index in [1.807, 2.05) is 13.0 Å². The highest BCUT2D eigenvalue weighted by Crippen LogP contribution is 2.31. The van der Waals surface area contributed by atoms with Crippen LogP contribution < -0.4 is 10.2 Å². The lowest BCUT2D eigenvalue weighted by molar-refractivity contribution is 0.0918. The second kappa shape index (κ2) is 12.5. The van der Waals surface area contributed by atoms with Crippen molar-refractivity contribution in [2.75, 3.05) is 56.3 Å². The van der Waals surface area contributed by atoms with E-state index in [-0.39, 0.29) is 18.5 Å². The van der Waals surface area contributed by atoms with E-state index < -0.39 is 6.43 Å². The topological polar surface area (TPSA) is 71.3 Å². The average Bonchev–Trinajstić information content (AvgIpc) is 3.37. The summed E-state index contributed by atoms with van der Waals surface area (Å²) in [6, 6.07) is 9.21. The smallest absolute Gasteiger partial charge is 0.296 e. The molecule has 1 atom stereocenters. The lowest BCUT2D eigenvalue weighted by Crippen LogP contribution is -2.45. The fraction of sp³-hybridized carbons (Fsp3) is 0.607. The van der Waals surface area contributed by atoms with E-state index in [0.29, 0.717) is 73.4 Å². The van der Waals surface area contributed by atoms with Crippen molar-refractivity contribution in [2.24, 2.45) is 5.92 Å². The van der Waals surface area contributed by atoms with Crippen LogP contribution in [-0.2, 0) is 4.74 Å². The van der Waals surface area contributed by atoms with Crippen molar-refractivity contribution < 1.29 is 17.9 Å². The molecule has 212 valence electrons. The van der Waals surface area contributed by atoms with Gasteiger partial charge in [0.15, 0.2) is 5.82 Å². The molecule has 1 unspecified atom stereocenters. The zero-order valence-corrected chi connectivity index (χ0v) is 22.7. The van der Waals surface area contributed by atoms with E-state index in [9.17, 15) is 13.2 Å². The Labute approximate surface area is 227 Å². The quantitative estimate of drug-likeness (QED) is 0.374. The van der Waals surface area contributed by atoms with Crippen LogP contribution in [0.3, 0.4) is 0 Å². The highest BCUT2D eigenvalue weighted by molar-refractivity contribution is 5.78. The van der Waals surface area contributed by atoms with Crippen molar-refractivity contribution in [3.63, 3.8) is 0 Å². The number of rotatable bonds is 10. The van der Waals surface area contributed by atoms with Gasteiger partial charge in [0, 0.05) is 37.8 Å². The van der Waals surface area contributed by atoms with Crippen LogP contribution in [0, 0.1) is 5.92 Å². The number of halogens is 3. The first kappa shape index (κ1) is 27.6. The maximum atomic E-state index is 14.1. The molecule has 0 bridgehead atoms. The molecule has 8 nitrogen and oxygen atoms in total. The SMILES string of the molecule is CCN(C(C)CF)[C@H]1CC[C@H](CNc2nc(N3CCOCC3)cc(-n3c(C(F)F)nc4ccccc43)n2)CC1. The largest absolute Gasteiger partial charge is 0.378 e. The third-order valence-electron chi connectivity index (χ3n) is 8.03. The summed E-state index contributed by atoms with van der Waals surface area (Å²) < 4.78 is 48.4. The molecule has 3 aromatic rings. The molecule has 2 aliphatic rings. The Balaban J connectivity index is 1.38. The summed E-state index contributed by atoms with van der Waals surface area (Å²) in [6.07, 6.45) is 1.37. The number of hydrogen-bond acceptors (Lipinski definition) is 7. The zero-order valence-electron chi connectivity index (χ0n) is 22.7. The molecule has 2 aromatic heterocycles. The molecule has 39 heavy (non-hydrogen) atoms. The maximum Gasteiger partial charge on any atom is 0.296 e. The molecule has 1 aliphatic heterocycles. The number of hydrogen-bond donors (Lipinski definition) is 1. The first-order chi connectivity index (χ1) is 19.0. The summed E-state index contributed by atoms with van der Waals surface area (Å²) in [6.45, 7) is 7.76. The van der Waals surface area contributed by atoms with Crippen molar-refractivity contribution in [1.29, 1.82) is 0 Å². The number of ether oxygens (including phenoxy) is 1. The second-order valence-electron chi connectivity index (χ2n) is 10.5. The Morgan fingerprint density at radius 3 is 2.46 bits per heavy atom. The minimum atomic E-state index is -2.76. The van der Waals surface area contributed by atoms with Gasteiger partial charge >= 0.3 is 0 Å². The third-order valence-corrected chi connectivity index (χ3v) is 8.03. The van der Waals surface area contributed by atoms with E-state index >= 15 is 0 Å². The van der Waals surface area contributed by atoms with Gasteiger partial charge < -0.3 is 15.0 Å². The van der Waals surface area contributed by atoms with E-state index in [0.717, 1.165) is 32.2 Å². The summed E-state index contributed by atoms with van der Waals surface area (Å²) in [7, 11) is 0. The Bertz CT molecular complexity index is 1230. The first-order valence-corrected chi connectivity index (χ1v) is 14.0. The van der Waals surface area contributed by atoms with Crippen LogP contribution in [0.15, 0.2) is 30.3 Å². The van der Waals surface area contributed by atoms with Crippen molar-refractivity contribution in [1.82, 2.24) is 24.4 Å². The fourth-order valence-corrected chi connectivity index (χ4v) is 5.94. The molecule has 0 spiro atoms. The maximum absolute atomic E-state index is 14.1. The van der Waals surface area contributed by atoms with Crippen LogP contribution in [-0.4, -0.2) is 82.6 Å². The van der Waals surface area contributed by atoms with Crippen molar-refractivity contribution in [3.05, 3.63) is 36.2 Å². The predicted octanol–water partition coefficient (Wildman–Crippen LogP) is 5.24. The number of aromatic nitrogens is 4. The van der Waals surface area contributed by atoms with Crippen LogP contribution in [0.4, 0.5) is 24.9 Å². The highest BCUT2D eigenvalue weighted by Gasteiger charge is 2.28.